The van der Waals surface area contributed by atoms with Gasteiger partial charge in [-0.25, -0.2) is 0 Å². The summed E-state index contributed by atoms with van der Waals surface area (Å²) in [5, 5.41) is 23.4. The molecule has 1 aromatic carbocycles. The number of amides is 1. The smallest absolute Gasteiger partial charge is 0.255 e. The molecule has 0 spiro atoms. The fourth-order valence-corrected chi connectivity index (χ4v) is 2.03. The lowest BCUT2D eigenvalue weighted by molar-refractivity contribution is 0.0948. The van der Waals surface area contributed by atoms with Crippen molar-refractivity contribution in [2.24, 2.45) is 0 Å². The Morgan fingerprint density at radius 1 is 1.24 bits per heavy atom. The first kappa shape index (κ1) is 11.5. The van der Waals surface area contributed by atoms with Crippen LogP contribution in [-0.2, 0) is 6.54 Å². The summed E-state index contributed by atoms with van der Waals surface area (Å²) in [6, 6.07) is 8.10. The van der Waals surface area contributed by atoms with Gasteiger partial charge in [0, 0.05) is 4.88 Å². The van der Waals surface area contributed by atoms with E-state index < -0.39 is 11.7 Å². The monoisotopic (exact) mass is 249 g/mol. The van der Waals surface area contributed by atoms with Crippen LogP contribution < -0.4 is 5.32 Å². The Kier molecular flexibility index (Phi) is 3.30. The second kappa shape index (κ2) is 4.88. The molecule has 0 saturated heterocycles. The van der Waals surface area contributed by atoms with Crippen LogP contribution in [0, 0.1) is 0 Å². The quantitative estimate of drug-likeness (QED) is 0.729. The molecule has 0 aliphatic rings. The minimum atomic E-state index is -0.410. The number of hydrogen-bond acceptors (Lipinski definition) is 4. The van der Waals surface area contributed by atoms with Crippen LogP contribution >= 0.6 is 11.3 Å². The molecule has 4 nitrogen and oxygen atoms in total. The van der Waals surface area contributed by atoms with Crippen LogP contribution in [0.2, 0.25) is 0 Å². The second-order valence-corrected chi connectivity index (χ2v) is 4.47. The highest BCUT2D eigenvalue weighted by Crippen LogP contribution is 2.27. The summed E-state index contributed by atoms with van der Waals surface area (Å²) in [6.07, 6.45) is 0. The first-order valence-corrected chi connectivity index (χ1v) is 5.88. The summed E-state index contributed by atoms with van der Waals surface area (Å²) in [5.41, 5.74) is 0.0709. The molecule has 0 bridgehead atoms. The molecule has 0 saturated carbocycles. The van der Waals surface area contributed by atoms with Crippen LogP contribution in [0.4, 0.5) is 0 Å². The van der Waals surface area contributed by atoms with Crippen molar-refractivity contribution in [1.82, 2.24) is 5.32 Å². The van der Waals surface area contributed by atoms with Gasteiger partial charge in [0.1, 0.15) is 0 Å². The lowest BCUT2D eigenvalue weighted by Crippen LogP contribution is -2.22. The summed E-state index contributed by atoms with van der Waals surface area (Å²) in [6.45, 7) is 0.408. The lowest BCUT2D eigenvalue weighted by Gasteiger charge is -2.06. The highest BCUT2D eigenvalue weighted by atomic mass is 32.1. The summed E-state index contributed by atoms with van der Waals surface area (Å²) < 4.78 is 0. The number of rotatable bonds is 3. The Hall–Kier alpha value is -2.01. The third-order valence-corrected chi connectivity index (χ3v) is 3.14. The molecule has 17 heavy (non-hydrogen) atoms. The number of thiophene rings is 1. The normalized spacial score (nSPS) is 10.1. The Labute approximate surface area is 102 Å². The van der Waals surface area contributed by atoms with E-state index in [9.17, 15) is 15.0 Å². The number of carbonyl (C=O) groups is 1. The van der Waals surface area contributed by atoms with Gasteiger partial charge < -0.3 is 15.5 Å². The molecule has 0 fully saturated rings. The minimum Gasteiger partial charge on any atom is -0.504 e. The van der Waals surface area contributed by atoms with Gasteiger partial charge in [0.05, 0.1) is 12.1 Å². The second-order valence-electron chi connectivity index (χ2n) is 3.44. The van der Waals surface area contributed by atoms with Crippen LogP contribution in [0.5, 0.6) is 11.5 Å². The molecule has 0 aliphatic carbocycles. The zero-order valence-corrected chi connectivity index (χ0v) is 9.70. The van der Waals surface area contributed by atoms with E-state index in [-0.39, 0.29) is 11.3 Å². The summed E-state index contributed by atoms with van der Waals surface area (Å²) in [7, 11) is 0. The highest BCUT2D eigenvalue weighted by Gasteiger charge is 2.13. The van der Waals surface area contributed by atoms with Crippen molar-refractivity contribution < 1.29 is 15.0 Å². The van der Waals surface area contributed by atoms with E-state index in [0.717, 1.165) is 4.88 Å². The van der Waals surface area contributed by atoms with Gasteiger partial charge in [-0.2, -0.15) is 0 Å². The van der Waals surface area contributed by atoms with Crippen LogP contribution in [0.3, 0.4) is 0 Å². The van der Waals surface area contributed by atoms with E-state index in [1.54, 1.807) is 11.3 Å². The van der Waals surface area contributed by atoms with E-state index in [1.807, 2.05) is 17.5 Å². The van der Waals surface area contributed by atoms with Crippen molar-refractivity contribution in [2.75, 3.05) is 0 Å². The van der Waals surface area contributed by atoms with Crippen molar-refractivity contribution in [3.8, 4) is 11.5 Å². The van der Waals surface area contributed by atoms with E-state index in [2.05, 4.69) is 5.32 Å². The number of carbonyl (C=O) groups excluding carboxylic acids is 1. The van der Waals surface area contributed by atoms with Crippen molar-refractivity contribution in [2.45, 2.75) is 6.54 Å². The molecule has 0 unspecified atom stereocenters. The highest BCUT2D eigenvalue weighted by molar-refractivity contribution is 7.09. The molecule has 1 aromatic heterocycles. The molecule has 1 amide bonds. The standard InChI is InChI=1S/C12H11NO3S/c14-10-5-1-4-9(11(10)15)12(16)13-7-8-3-2-6-17-8/h1-6,14-15H,7H2,(H,13,16). The molecule has 3 N–H and O–H groups in total. The van der Waals surface area contributed by atoms with Crippen molar-refractivity contribution in [1.29, 1.82) is 0 Å². The van der Waals surface area contributed by atoms with Crippen LogP contribution in [0.15, 0.2) is 35.7 Å². The average molecular weight is 249 g/mol. The van der Waals surface area contributed by atoms with E-state index >= 15 is 0 Å². The Balaban J connectivity index is 2.07. The van der Waals surface area contributed by atoms with Gasteiger partial charge in [-0.1, -0.05) is 12.1 Å². The van der Waals surface area contributed by atoms with E-state index in [1.165, 1.54) is 18.2 Å². The summed E-state index contributed by atoms with van der Waals surface area (Å²) in [5.74, 6) is -1.10. The van der Waals surface area contributed by atoms with E-state index in [0.29, 0.717) is 6.54 Å². The van der Waals surface area contributed by atoms with Gasteiger partial charge in [-0.3, -0.25) is 4.79 Å². The minimum absolute atomic E-state index is 0.0709. The number of benzene rings is 1. The molecule has 2 aromatic rings. The third-order valence-electron chi connectivity index (χ3n) is 2.26. The van der Waals surface area contributed by atoms with Crippen LogP contribution in [0.1, 0.15) is 15.2 Å². The van der Waals surface area contributed by atoms with Gasteiger partial charge in [-0.15, -0.1) is 11.3 Å². The molecule has 2 rings (SSSR count). The summed E-state index contributed by atoms with van der Waals surface area (Å²) in [4.78, 5) is 12.8. The van der Waals surface area contributed by atoms with Gasteiger partial charge in [-0.05, 0) is 23.6 Å². The number of phenolic OH excluding ortho intramolecular Hbond substituents is 2. The maximum Gasteiger partial charge on any atom is 0.255 e. The van der Waals surface area contributed by atoms with Crippen LogP contribution in [0.25, 0.3) is 0 Å². The number of para-hydroxylation sites is 1. The first-order valence-electron chi connectivity index (χ1n) is 5.00. The first-order chi connectivity index (χ1) is 8.18. The number of aromatic hydroxyl groups is 2. The fraction of sp³-hybridized carbons (Fsp3) is 0.0833. The molecule has 0 atom stereocenters. The maximum atomic E-state index is 11.7. The maximum absolute atomic E-state index is 11.7. The zero-order valence-electron chi connectivity index (χ0n) is 8.88. The number of phenols is 2. The zero-order chi connectivity index (χ0) is 12.3. The average Bonchev–Trinajstić information content (AvgIpc) is 2.82. The van der Waals surface area contributed by atoms with Gasteiger partial charge >= 0.3 is 0 Å². The molecular weight excluding hydrogens is 238 g/mol. The third kappa shape index (κ3) is 2.57. The Bertz CT molecular complexity index is 523. The van der Waals surface area contributed by atoms with Gasteiger partial charge in [0.15, 0.2) is 11.5 Å². The largest absolute Gasteiger partial charge is 0.504 e. The summed E-state index contributed by atoms with van der Waals surface area (Å²) >= 11 is 1.54. The Morgan fingerprint density at radius 2 is 2.06 bits per heavy atom. The molecule has 0 radical (unpaired) electrons. The van der Waals surface area contributed by atoms with Crippen molar-refractivity contribution >= 4 is 17.2 Å². The Morgan fingerprint density at radius 3 is 2.76 bits per heavy atom. The van der Waals surface area contributed by atoms with Gasteiger partial charge in [0.25, 0.3) is 5.91 Å². The van der Waals surface area contributed by atoms with Crippen LogP contribution in [-0.4, -0.2) is 16.1 Å². The van der Waals surface area contributed by atoms with Gasteiger partial charge in [0.2, 0.25) is 0 Å². The fourth-order valence-electron chi connectivity index (χ4n) is 1.39. The lowest BCUT2D eigenvalue weighted by atomic mass is 10.1. The number of hydrogen-bond donors (Lipinski definition) is 3. The molecule has 1 heterocycles. The molecular formula is C12H11NO3S. The predicted molar refractivity (Wildman–Crippen MR) is 65.3 cm³/mol. The van der Waals surface area contributed by atoms with Crippen molar-refractivity contribution in [3.05, 3.63) is 46.2 Å². The molecule has 88 valence electrons. The van der Waals surface area contributed by atoms with Crippen molar-refractivity contribution in [3.63, 3.8) is 0 Å². The molecule has 5 heteroatoms. The van der Waals surface area contributed by atoms with E-state index in [4.69, 9.17) is 0 Å². The predicted octanol–water partition coefficient (Wildman–Crippen LogP) is 2.09. The number of nitrogens with one attached hydrogen (secondary N) is 1. The topological polar surface area (TPSA) is 69.6 Å². The molecule has 0 aliphatic heterocycles. The SMILES string of the molecule is O=C(NCc1cccs1)c1cccc(O)c1O.